The molecule has 0 aromatic carbocycles. The first-order valence-electron chi connectivity index (χ1n) is 11.8. The van der Waals surface area contributed by atoms with Gasteiger partial charge in [-0.25, -0.2) is 14.6 Å². The van der Waals surface area contributed by atoms with Crippen molar-refractivity contribution in [2.45, 2.75) is 44.6 Å². The number of fused-ring (bicyclic) bond motifs is 1. The number of nitrogens with one attached hydrogen (secondary N) is 1. The van der Waals surface area contributed by atoms with E-state index in [0.29, 0.717) is 36.9 Å². The van der Waals surface area contributed by atoms with Gasteiger partial charge in [0.15, 0.2) is 0 Å². The van der Waals surface area contributed by atoms with Crippen molar-refractivity contribution in [1.82, 2.24) is 19.7 Å². The smallest absolute Gasteiger partial charge is 0.303 e. The number of carbonyl (C=O) groups is 1. The first-order chi connectivity index (χ1) is 17.1. The fourth-order valence-electron chi connectivity index (χ4n) is 4.21. The summed E-state index contributed by atoms with van der Waals surface area (Å²) in [5, 5.41) is 26.8. The van der Waals surface area contributed by atoms with Crippen molar-refractivity contribution < 1.29 is 24.5 Å². The average molecular weight is 482 g/mol. The number of nitrogens with zero attached hydrogens (tertiary/aromatic N) is 4. The highest BCUT2D eigenvalue weighted by atomic mass is 16.5. The van der Waals surface area contributed by atoms with Crippen molar-refractivity contribution >= 4 is 11.8 Å². The van der Waals surface area contributed by atoms with E-state index in [-0.39, 0.29) is 25.5 Å². The minimum atomic E-state index is -0.899. The normalized spacial score (nSPS) is 13.5. The topological polar surface area (TPSA) is 132 Å². The van der Waals surface area contributed by atoms with Gasteiger partial charge in [-0.1, -0.05) is 12.1 Å². The number of hydrogen-bond donors (Lipinski definition) is 3. The number of rotatable bonds is 12. The Kier molecular flexibility index (Phi) is 8.15. The van der Waals surface area contributed by atoms with E-state index in [1.807, 2.05) is 18.2 Å². The Bertz CT molecular complexity index is 1130. The molecular weight excluding hydrogens is 450 g/mol. The van der Waals surface area contributed by atoms with Crippen LogP contribution in [0.2, 0.25) is 0 Å². The lowest BCUT2D eigenvalue weighted by Crippen LogP contribution is -2.15. The molecule has 35 heavy (non-hydrogen) atoms. The molecule has 0 fully saturated rings. The van der Waals surface area contributed by atoms with Gasteiger partial charge in [0.2, 0.25) is 11.8 Å². The molecule has 0 saturated carbocycles. The second-order valence-electron chi connectivity index (χ2n) is 8.49. The van der Waals surface area contributed by atoms with Crippen LogP contribution in [0.15, 0.2) is 36.5 Å². The van der Waals surface area contributed by atoms with Gasteiger partial charge in [-0.3, -0.25) is 4.79 Å². The summed E-state index contributed by atoms with van der Waals surface area (Å²) in [6, 6.07) is 9.50. The van der Waals surface area contributed by atoms with Gasteiger partial charge in [0.25, 0.3) is 0 Å². The van der Waals surface area contributed by atoms with Crippen LogP contribution in [0, 0.1) is 0 Å². The highest BCUT2D eigenvalue weighted by Gasteiger charge is 2.20. The zero-order valence-corrected chi connectivity index (χ0v) is 19.8. The summed E-state index contributed by atoms with van der Waals surface area (Å²) in [4.78, 5) is 20.4. The maximum atomic E-state index is 11.5. The number of aliphatic hydroxyl groups is 1. The number of aromatic nitrogens is 4. The van der Waals surface area contributed by atoms with E-state index in [1.165, 1.54) is 12.7 Å². The molecule has 4 heterocycles. The minimum absolute atomic E-state index is 0.0604. The van der Waals surface area contributed by atoms with Gasteiger partial charge in [-0.05, 0) is 36.5 Å². The lowest BCUT2D eigenvalue weighted by atomic mass is 9.92. The first-order valence-corrected chi connectivity index (χ1v) is 11.8. The molecule has 1 unspecified atom stereocenters. The fraction of sp³-hybridized carbons (Fsp3) is 0.440. The van der Waals surface area contributed by atoms with Crippen molar-refractivity contribution in [1.29, 1.82) is 0 Å². The number of pyridine rings is 2. The highest BCUT2D eigenvalue weighted by molar-refractivity contribution is 5.68. The van der Waals surface area contributed by atoms with Gasteiger partial charge in [0, 0.05) is 42.9 Å². The van der Waals surface area contributed by atoms with E-state index < -0.39 is 5.97 Å². The molecule has 0 amide bonds. The molecule has 1 atom stereocenters. The summed E-state index contributed by atoms with van der Waals surface area (Å²) in [5.41, 5.74) is 3.67. The third-order valence-electron chi connectivity index (χ3n) is 5.98. The monoisotopic (exact) mass is 481 g/mol. The van der Waals surface area contributed by atoms with Crippen LogP contribution < -0.4 is 14.8 Å². The number of aliphatic hydroxyl groups excluding tert-OH is 1. The molecule has 10 nitrogen and oxygen atoms in total. The van der Waals surface area contributed by atoms with Crippen molar-refractivity contribution in [3.63, 3.8) is 0 Å². The van der Waals surface area contributed by atoms with E-state index >= 15 is 0 Å². The predicted octanol–water partition coefficient (Wildman–Crippen LogP) is 2.45. The van der Waals surface area contributed by atoms with Crippen LogP contribution in [0.5, 0.6) is 11.8 Å². The zero-order valence-electron chi connectivity index (χ0n) is 19.8. The highest BCUT2D eigenvalue weighted by Crippen LogP contribution is 2.27. The van der Waals surface area contributed by atoms with E-state index in [1.54, 1.807) is 16.9 Å². The Morgan fingerprint density at radius 1 is 1.26 bits per heavy atom. The quantitative estimate of drug-likeness (QED) is 0.357. The molecule has 186 valence electrons. The van der Waals surface area contributed by atoms with Crippen LogP contribution in [0.3, 0.4) is 0 Å². The molecule has 3 aromatic heterocycles. The first kappa shape index (κ1) is 24.5. The van der Waals surface area contributed by atoms with Gasteiger partial charge >= 0.3 is 5.97 Å². The Hall–Kier alpha value is -3.66. The number of ether oxygens (including phenoxy) is 2. The third kappa shape index (κ3) is 6.48. The van der Waals surface area contributed by atoms with Gasteiger partial charge in [-0.2, -0.15) is 5.10 Å². The molecule has 4 rings (SSSR count). The van der Waals surface area contributed by atoms with Crippen LogP contribution in [-0.2, 0) is 30.6 Å². The predicted molar refractivity (Wildman–Crippen MR) is 129 cm³/mol. The minimum Gasteiger partial charge on any atom is -0.481 e. The number of aryl methyl sites for hydroxylation is 1. The number of carboxylic acid groups (broad SMARTS) is 1. The molecule has 3 N–H and O–H groups in total. The summed E-state index contributed by atoms with van der Waals surface area (Å²) in [6.45, 7) is 1.54. The lowest BCUT2D eigenvalue weighted by Gasteiger charge is -2.17. The summed E-state index contributed by atoms with van der Waals surface area (Å²) in [6.07, 6.45) is 4.77. The van der Waals surface area contributed by atoms with Gasteiger partial charge in [-0.15, -0.1) is 0 Å². The molecule has 10 heteroatoms. The van der Waals surface area contributed by atoms with Crippen molar-refractivity contribution in [3.8, 4) is 11.8 Å². The summed E-state index contributed by atoms with van der Waals surface area (Å²) in [7, 11) is 1.53. The molecular formula is C25H31N5O5. The van der Waals surface area contributed by atoms with Crippen LogP contribution in [0.4, 0.5) is 5.82 Å². The average Bonchev–Trinajstić information content (AvgIpc) is 3.24. The van der Waals surface area contributed by atoms with Crippen molar-refractivity contribution in [2.24, 2.45) is 0 Å². The van der Waals surface area contributed by atoms with E-state index in [4.69, 9.17) is 14.5 Å². The lowest BCUT2D eigenvalue weighted by molar-refractivity contribution is -0.137. The molecule has 3 aromatic rings. The number of anilines is 1. The second kappa shape index (κ2) is 11.7. The van der Waals surface area contributed by atoms with E-state index in [0.717, 1.165) is 36.5 Å². The third-order valence-corrected chi connectivity index (χ3v) is 5.98. The summed E-state index contributed by atoms with van der Waals surface area (Å²) in [5.74, 6) is 0.744. The molecule has 0 spiro atoms. The maximum absolute atomic E-state index is 11.5. The Morgan fingerprint density at radius 3 is 2.89 bits per heavy atom. The zero-order chi connectivity index (χ0) is 24.6. The molecule has 1 aliphatic heterocycles. The summed E-state index contributed by atoms with van der Waals surface area (Å²) >= 11 is 0. The Morgan fingerprint density at radius 2 is 2.14 bits per heavy atom. The van der Waals surface area contributed by atoms with Gasteiger partial charge < -0.3 is 25.0 Å². The van der Waals surface area contributed by atoms with Crippen molar-refractivity contribution in [3.05, 3.63) is 59.0 Å². The molecule has 0 radical (unpaired) electrons. The molecule has 0 saturated heterocycles. The number of methoxy groups -OCH3 is 1. The molecule has 0 bridgehead atoms. The summed E-state index contributed by atoms with van der Waals surface area (Å²) < 4.78 is 12.7. The van der Waals surface area contributed by atoms with Crippen molar-refractivity contribution in [2.75, 3.05) is 32.2 Å². The van der Waals surface area contributed by atoms with Crippen LogP contribution in [-0.4, -0.2) is 62.8 Å². The SMILES string of the molecule is COc1ccc(C(CC(=O)O)Cc2cc(OCCc3ccc4c(n3)NCCC4)n(CCO)n2)cn1. The second-order valence-corrected chi connectivity index (χ2v) is 8.49. The van der Waals surface area contributed by atoms with Gasteiger partial charge in [0.05, 0.1) is 39.0 Å². The largest absolute Gasteiger partial charge is 0.481 e. The standard InChI is InChI=1S/C25H31N5O5/c1-34-22-7-5-18(16-27-22)19(14-24(32)33)13-21-15-23(30(29-21)10-11-31)35-12-8-20-6-4-17-3-2-9-26-25(17)28-20/h4-7,15-16,19,31H,2-3,8-14H2,1H3,(H,26,28)(H,32,33). The van der Waals surface area contributed by atoms with Crippen LogP contribution in [0.1, 0.15) is 41.3 Å². The fourth-order valence-corrected chi connectivity index (χ4v) is 4.21. The van der Waals surface area contributed by atoms with E-state index in [9.17, 15) is 15.0 Å². The van der Waals surface area contributed by atoms with Gasteiger partial charge in [0.1, 0.15) is 5.82 Å². The van der Waals surface area contributed by atoms with Crippen LogP contribution in [0.25, 0.3) is 0 Å². The molecule has 0 aliphatic carbocycles. The Labute approximate surface area is 203 Å². The Balaban J connectivity index is 1.44. The number of aliphatic carboxylic acids is 1. The number of hydrogen-bond acceptors (Lipinski definition) is 8. The maximum Gasteiger partial charge on any atom is 0.303 e. The number of carboxylic acids is 1. The molecule has 1 aliphatic rings. The van der Waals surface area contributed by atoms with Crippen LogP contribution >= 0.6 is 0 Å². The van der Waals surface area contributed by atoms with E-state index in [2.05, 4.69) is 21.5 Å².